The number of nitrogens with one attached hydrogen (secondary N) is 1. The van der Waals surface area contributed by atoms with E-state index >= 15 is 0 Å². The normalized spacial score (nSPS) is 13.7. The molecule has 0 aromatic heterocycles. The van der Waals surface area contributed by atoms with Crippen molar-refractivity contribution in [2.45, 2.75) is 32.5 Å². The van der Waals surface area contributed by atoms with Gasteiger partial charge in [0.05, 0.1) is 11.1 Å². The van der Waals surface area contributed by atoms with Crippen LogP contribution in [0.5, 0.6) is 5.75 Å². The van der Waals surface area contributed by atoms with Crippen LogP contribution in [0, 0.1) is 0 Å². The van der Waals surface area contributed by atoms with Crippen molar-refractivity contribution in [1.29, 1.82) is 0 Å². The lowest BCUT2D eigenvalue weighted by Crippen LogP contribution is -2.37. The van der Waals surface area contributed by atoms with Crippen molar-refractivity contribution >= 4 is 29.1 Å². The lowest BCUT2D eigenvalue weighted by Gasteiger charge is -2.16. The van der Waals surface area contributed by atoms with Gasteiger partial charge in [-0.15, -0.1) is 0 Å². The molecular formula is C13H17Cl2NO3. The fourth-order valence-electron chi connectivity index (χ4n) is 1.36. The summed E-state index contributed by atoms with van der Waals surface area (Å²) >= 11 is 11.7. The topological polar surface area (TPSA) is 58.6 Å². The molecule has 0 fully saturated rings. The van der Waals surface area contributed by atoms with Crippen LogP contribution >= 0.6 is 23.2 Å². The molecule has 6 heteroatoms. The number of ether oxygens (including phenoxy) is 1. The third-order valence-electron chi connectivity index (χ3n) is 2.43. The third-order valence-corrected chi connectivity index (χ3v) is 2.96. The molecule has 0 saturated heterocycles. The maximum Gasteiger partial charge on any atom is 0.260 e. The van der Waals surface area contributed by atoms with Crippen molar-refractivity contribution in [3.8, 4) is 5.75 Å². The minimum absolute atomic E-state index is 0.258. The van der Waals surface area contributed by atoms with Gasteiger partial charge in [0.2, 0.25) is 0 Å². The second kappa shape index (κ2) is 7.58. The summed E-state index contributed by atoms with van der Waals surface area (Å²) in [6, 6.07) is 4.81. The summed E-state index contributed by atoms with van der Waals surface area (Å²) in [7, 11) is 0. The fourth-order valence-corrected chi connectivity index (χ4v) is 1.82. The van der Waals surface area contributed by atoms with Crippen molar-refractivity contribution in [1.82, 2.24) is 5.32 Å². The number of rotatable bonds is 6. The van der Waals surface area contributed by atoms with Crippen LogP contribution in [0.3, 0.4) is 0 Å². The highest BCUT2D eigenvalue weighted by Gasteiger charge is 2.15. The van der Waals surface area contributed by atoms with Crippen molar-refractivity contribution in [3.05, 3.63) is 28.2 Å². The van der Waals surface area contributed by atoms with E-state index in [1.807, 2.05) is 0 Å². The zero-order valence-electron chi connectivity index (χ0n) is 10.8. The minimum Gasteiger partial charge on any atom is -0.479 e. The van der Waals surface area contributed by atoms with Crippen molar-refractivity contribution in [2.24, 2.45) is 0 Å². The smallest absolute Gasteiger partial charge is 0.260 e. The lowest BCUT2D eigenvalue weighted by atomic mass is 10.3. The molecule has 1 aromatic rings. The molecule has 19 heavy (non-hydrogen) atoms. The Kier molecular flexibility index (Phi) is 6.42. The van der Waals surface area contributed by atoms with Crippen LogP contribution in [0.2, 0.25) is 10.0 Å². The molecule has 0 bridgehead atoms. The summed E-state index contributed by atoms with van der Waals surface area (Å²) < 4.78 is 5.45. The Labute approximate surface area is 122 Å². The van der Waals surface area contributed by atoms with Gasteiger partial charge in [0, 0.05) is 11.6 Å². The second-order valence-corrected chi connectivity index (χ2v) is 5.11. The molecule has 0 heterocycles. The predicted molar refractivity (Wildman–Crippen MR) is 75.9 cm³/mol. The molecule has 0 aliphatic rings. The van der Waals surface area contributed by atoms with E-state index in [0.717, 1.165) is 0 Å². The molecule has 1 amide bonds. The Balaban J connectivity index is 2.49. The van der Waals surface area contributed by atoms with E-state index in [1.54, 1.807) is 32.0 Å². The zero-order valence-corrected chi connectivity index (χ0v) is 12.3. The molecular weight excluding hydrogens is 289 g/mol. The molecule has 0 saturated carbocycles. The first kappa shape index (κ1) is 16.1. The largest absolute Gasteiger partial charge is 0.479 e. The first-order valence-electron chi connectivity index (χ1n) is 5.97. The van der Waals surface area contributed by atoms with E-state index in [4.69, 9.17) is 33.0 Å². The van der Waals surface area contributed by atoms with Gasteiger partial charge in [0.1, 0.15) is 5.75 Å². The highest BCUT2D eigenvalue weighted by molar-refractivity contribution is 6.35. The number of carbonyl (C=O) groups is 1. The van der Waals surface area contributed by atoms with Gasteiger partial charge in [-0.2, -0.15) is 0 Å². The number of amides is 1. The molecule has 1 rings (SSSR count). The van der Waals surface area contributed by atoms with Crippen LogP contribution in [0.1, 0.15) is 20.3 Å². The number of hydrogen-bond acceptors (Lipinski definition) is 3. The van der Waals surface area contributed by atoms with Gasteiger partial charge in [-0.3, -0.25) is 4.79 Å². The Morgan fingerprint density at radius 2 is 2.11 bits per heavy atom. The number of aliphatic hydroxyl groups is 1. The third kappa shape index (κ3) is 5.68. The first-order chi connectivity index (χ1) is 8.90. The Morgan fingerprint density at radius 1 is 1.42 bits per heavy atom. The molecule has 4 nitrogen and oxygen atoms in total. The lowest BCUT2D eigenvalue weighted by molar-refractivity contribution is -0.127. The van der Waals surface area contributed by atoms with E-state index in [-0.39, 0.29) is 5.91 Å². The maximum atomic E-state index is 11.7. The van der Waals surface area contributed by atoms with Crippen LogP contribution in [-0.2, 0) is 4.79 Å². The fraction of sp³-hybridized carbons (Fsp3) is 0.462. The maximum absolute atomic E-state index is 11.7. The molecule has 0 aliphatic carbocycles. The summed E-state index contributed by atoms with van der Waals surface area (Å²) in [5.74, 6) is 0.149. The van der Waals surface area contributed by atoms with Crippen LogP contribution in [-0.4, -0.2) is 29.8 Å². The van der Waals surface area contributed by atoms with E-state index in [9.17, 15) is 4.79 Å². The van der Waals surface area contributed by atoms with Crippen LogP contribution in [0.25, 0.3) is 0 Å². The zero-order chi connectivity index (χ0) is 14.4. The summed E-state index contributed by atoms with van der Waals surface area (Å²) in [5, 5.41) is 12.6. The quantitative estimate of drug-likeness (QED) is 0.849. The number of aliphatic hydroxyl groups excluding tert-OH is 1. The SMILES string of the molecule is CC(O)CCNC(=O)C(C)Oc1ccc(Cl)cc1Cl. The highest BCUT2D eigenvalue weighted by atomic mass is 35.5. The van der Waals surface area contributed by atoms with Gasteiger partial charge >= 0.3 is 0 Å². The van der Waals surface area contributed by atoms with E-state index in [0.29, 0.717) is 28.8 Å². The Bertz CT molecular complexity index is 438. The average molecular weight is 306 g/mol. The average Bonchev–Trinajstić information content (AvgIpc) is 2.32. The molecule has 1 aromatic carbocycles. The standard InChI is InChI=1S/C13H17Cl2NO3/c1-8(17)5-6-16-13(18)9(2)19-12-4-3-10(14)7-11(12)15/h3-4,7-9,17H,5-6H2,1-2H3,(H,16,18). The summed E-state index contributed by atoms with van der Waals surface area (Å²) in [5.41, 5.74) is 0. The Morgan fingerprint density at radius 3 is 2.68 bits per heavy atom. The molecule has 0 radical (unpaired) electrons. The van der Waals surface area contributed by atoms with Gasteiger partial charge in [0.15, 0.2) is 6.10 Å². The molecule has 0 spiro atoms. The minimum atomic E-state index is -0.673. The van der Waals surface area contributed by atoms with Crippen LogP contribution in [0.15, 0.2) is 18.2 Å². The van der Waals surface area contributed by atoms with Gasteiger partial charge < -0.3 is 15.2 Å². The summed E-state index contributed by atoms with van der Waals surface area (Å²) in [4.78, 5) is 11.7. The van der Waals surface area contributed by atoms with Crippen molar-refractivity contribution in [3.63, 3.8) is 0 Å². The van der Waals surface area contributed by atoms with Gasteiger partial charge in [-0.25, -0.2) is 0 Å². The van der Waals surface area contributed by atoms with E-state index < -0.39 is 12.2 Å². The van der Waals surface area contributed by atoms with Gasteiger partial charge in [-0.1, -0.05) is 23.2 Å². The van der Waals surface area contributed by atoms with Crippen molar-refractivity contribution in [2.75, 3.05) is 6.54 Å². The molecule has 2 unspecified atom stereocenters. The molecule has 0 aliphatic heterocycles. The second-order valence-electron chi connectivity index (χ2n) is 4.26. The monoisotopic (exact) mass is 305 g/mol. The number of carbonyl (C=O) groups excluding carboxylic acids is 1. The number of benzene rings is 1. The van der Waals surface area contributed by atoms with E-state index in [1.165, 1.54) is 0 Å². The molecule has 2 atom stereocenters. The predicted octanol–water partition coefficient (Wildman–Crippen LogP) is 2.65. The van der Waals surface area contributed by atoms with Gasteiger partial charge in [-0.05, 0) is 38.5 Å². The van der Waals surface area contributed by atoms with Gasteiger partial charge in [0.25, 0.3) is 5.91 Å². The van der Waals surface area contributed by atoms with Crippen LogP contribution < -0.4 is 10.1 Å². The van der Waals surface area contributed by atoms with E-state index in [2.05, 4.69) is 5.32 Å². The Hall–Kier alpha value is -0.970. The summed E-state index contributed by atoms with van der Waals surface area (Å²) in [6.45, 7) is 3.70. The molecule has 106 valence electrons. The summed E-state index contributed by atoms with van der Waals surface area (Å²) in [6.07, 6.45) is -0.616. The van der Waals surface area contributed by atoms with Crippen LogP contribution in [0.4, 0.5) is 0 Å². The number of halogens is 2. The molecule has 2 N–H and O–H groups in total. The highest BCUT2D eigenvalue weighted by Crippen LogP contribution is 2.28. The first-order valence-corrected chi connectivity index (χ1v) is 6.73. The van der Waals surface area contributed by atoms with Crippen molar-refractivity contribution < 1.29 is 14.6 Å². The number of hydrogen-bond donors (Lipinski definition) is 2.